The van der Waals surface area contributed by atoms with Crippen LogP contribution in [0.15, 0.2) is 36.4 Å². The van der Waals surface area contributed by atoms with Crippen LogP contribution in [-0.2, 0) is 50.7 Å². The molecule has 2 amide bonds. The summed E-state index contributed by atoms with van der Waals surface area (Å²) in [6.45, 7) is 7.28. The molecule has 2 aromatic carbocycles. The Morgan fingerprint density at radius 2 is 1.06 bits per heavy atom. The summed E-state index contributed by atoms with van der Waals surface area (Å²) >= 11 is 0. The van der Waals surface area contributed by atoms with Crippen molar-refractivity contribution in [2.75, 3.05) is 119 Å². The van der Waals surface area contributed by atoms with Gasteiger partial charge in [-0.25, -0.2) is 9.59 Å². The summed E-state index contributed by atoms with van der Waals surface area (Å²) < 4.78 is 67.6. The van der Waals surface area contributed by atoms with Crippen molar-refractivity contribution in [1.82, 2.24) is 10.6 Å². The van der Waals surface area contributed by atoms with Crippen molar-refractivity contribution >= 4 is 12.2 Å². The molecule has 4 atom stereocenters. The van der Waals surface area contributed by atoms with Gasteiger partial charge in [0.1, 0.15) is 37.6 Å². The molecule has 0 radical (unpaired) electrons. The fraction of sp³-hybridized carbons (Fsp3) is 0.652. The summed E-state index contributed by atoms with van der Waals surface area (Å²) in [5.41, 5.74) is 1.96. The molecule has 18 heteroatoms. The smallest absolute Gasteiger partial charge is 0.407 e. The highest BCUT2D eigenvalue weighted by molar-refractivity contribution is 5.67. The quantitative estimate of drug-likeness (QED) is 0.0596. The Morgan fingerprint density at radius 1 is 0.609 bits per heavy atom. The molecule has 0 saturated heterocycles. The number of aliphatic hydroxyl groups excluding tert-OH is 2. The van der Waals surface area contributed by atoms with Gasteiger partial charge in [0, 0.05) is 25.9 Å². The first-order valence-corrected chi connectivity index (χ1v) is 22.2. The normalized spacial score (nSPS) is 17.5. The topological polar surface area (TPSA) is 209 Å². The van der Waals surface area contributed by atoms with E-state index < -0.39 is 12.2 Å². The van der Waals surface area contributed by atoms with E-state index in [9.17, 15) is 9.59 Å². The number of alkyl carbamates (subject to hydrolysis) is 2. The number of carbonyl (C=O) groups is 2. The predicted molar refractivity (Wildman–Crippen MR) is 233 cm³/mol. The van der Waals surface area contributed by atoms with Gasteiger partial charge in [-0.15, -0.1) is 12.3 Å². The van der Waals surface area contributed by atoms with E-state index in [1.807, 2.05) is 43.3 Å². The second-order valence-electron chi connectivity index (χ2n) is 14.8. The van der Waals surface area contributed by atoms with Gasteiger partial charge < -0.3 is 77.7 Å². The molecular formula is C46H68N2O16. The third-order valence-electron chi connectivity index (χ3n) is 9.85. The molecule has 358 valence electrons. The van der Waals surface area contributed by atoms with E-state index in [0.717, 1.165) is 30.4 Å². The van der Waals surface area contributed by atoms with Crippen molar-refractivity contribution in [1.29, 1.82) is 0 Å². The van der Waals surface area contributed by atoms with Crippen molar-refractivity contribution in [3.05, 3.63) is 47.5 Å². The van der Waals surface area contributed by atoms with Crippen molar-refractivity contribution in [3.8, 4) is 35.3 Å². The molecule has 0 aliphatic carbocycles. The number of ether oxygens (including phenoxy) is 12. The Morgan fingerprint density at radius 3 is 1.56 bits per heavy atom. The van der Waals surface area contributed by atoms with E-state index in [-0.39, 0.29) is 70.7 Å². The maximum absolute atomic E-state index is 12.2. The fourth-order valence-corrected chi connectivity index (χ4v) is 6.67. The van der Waals surface area contributed by atoms with Crippen LogP contribution in [0.25, 0.3) is 0 Å². The summed E-state index contributed by atoms with van der Waals surface area (Å²) in [5.74, 6) is 5.39. The minimum atomic E-state index is -0.524. The average Bonchev–Trinajstić information content (AvgIpc) is 3.45. The van der Waals surface area contributed by atoms with E-state index in [1.54, 1.807) is 0 Å². The summed E-state index contributed by atoms with van der Waals surface area (Å²) in [4.78, 5) is 24.3. The van der Waals surface area contributed by atoms with Gasteiger partial charge in [-0.1, -0.05) is 12.1 Å². The maximum Gasteiger partial charge on any atom is 0.407 e. The van der Waals surface area contributed by atoms with Gasteiger partial charge in [-0.3, -0.25) is 0 Å². The molecule has 0 saturated carbocycles. The summed E-state index contributed by atoms with van der Waals surface area (Å²) in [7, 11) is 0. The molecule has 0 fully saturated rings. The zero-order valence-corrected chi connectivity index (χ0v) is 37.1. The number of hydrogen-bond acceptors (Lipinski definition) is 16. The van der Waals surface area contributed by atoms with Crippen LogP contribution in [0.1, 0.15) is 50.2 Å². The lowest BCUT2D eigenvalue weighted by Gasteiger charge is -2.32. The SMILES string of the molecule is C#CCC1CC(CCCC2Oc3ccc(CCNC(=O)OCCOCCOCCOCCO)cc3OC2C)Oc2ccc(CCNC(=O)OCCOCCOCCOCCO)cc2O1. The summed E-state index contributed by atoms with van der Waals surface area (Å²) in [5, 5.41) is 22.9. The van der Waals surface area contributed by atoms with E-state index in [2.05, 4.69) is 16.6 Å². The predicted octanol–water partition coefficient (Wildman–Crippen LogP) is 3.63. The standard InChI is InChI=1S/C46H68N2O16/c1-3-5-38-34-39(62-41-10-8-37(33-44(41)63-38)13-15-48-46(52)60-31-29-58-27-25-56-23-21-54-19-17-50)6-4-7-40-35(2)61-43-32-36(9-11-42(43)64-40)12-14-47-45(51)59-30-28-57-26-24-55-22-20-53-18-16-49/h1,8-11,32-33,35,38-40,49-50H,4-7,12-31,34H2,2H3,(H,47,51)(H,48,52). The van der Waals surface area contributed by atoms with E-state index in [1.165, 1.54) is 0 Å². The van der Waals surface area contributed by atoms with Crippen molar-refractivity contribution < 1.29 is 76.6 Å². The molecule has 0 spiro atoms. The van der Waals surface area contributed by atoms with Gasteiger partial charge in [0.15, 0.2) is 23.0 Å². The van der Waals surface area contributed by atoms with Crippen LogP contribution in [-0.4, -0.2) is 166 Å². The van der Waals surface area contributed by atoms with Gasteiger partial charge in [0.25, 0.3) is 0 Å². The highest BCUT2D eigenvalue weighted by Crippen LogP contribution is 2.38. The molecule has 0 aromatic heterocycles. The Hall–Kier alpha value is -4.58. The van der Waals surface area contributed by atoms with Crippen molar-refractivity contribution in [2.24, 2.45) is 0 Å². The van der Waals surface area contributed by atoms with E-state index in [0.29, 0.717) is 121 Å². The number of rotatable bonds is 33. The first kappa shape index (κ1) is 52.0. The van der Waals surface area contributed by atoms with Crippen LogP contribution in [0, 0.1) is 12.3 Å². The molecule has 4 rings (SSSR count). The van der Waals surface area contributed by atoms with Gasteiger partial charge in [0.05, 0.1) is 92.5 Å². The molecule has 64 heavy (non-hydrogen) atoms. The van der Waals surface area contributed by atoms with Crippen LogP contribution >= 0.6 is 0 Å². The van der Waals surface area contributed by atoms with Crippen LogP contribution in [0.5, 0.6) is 23.0 Å². The summed E-state index contributed by atoms with van der Waals surface area (Å²) in [6.07, 6.45) is 8.68. The molecule has 4 N–H and O–H groups in total. The molecule has 2 aliphatic heterocycles. The number of amides is 2. The number of benzene rings is 2. The lowest BCUT2D eigenvalue weighted by atomic mass is 10.0. The number of carbonyl (C=O) groups excluding carboxylic acids is 2. The van der Waals surface area contributed by atoms with E-state index in [4.69, 9.17) is 73.5 Å². The third kappa shape index (κ3) is 21.4. The van der Waals surface area contributed by atoms with Crippen molar-refractivity contribution in [2.45, 2.75) is 76.3 Å². The number of terminal acetylenes is 1. The highest BCUT2D eigenvalue weighted by Gasteiger charge is 2.30. The van der Waals surface area contributed by atoms with Crippen LogP contribution < -0.4 is 29.6 Å². The molecule has 2 aromatic rings. The maximum atomic E-state index is 12.2. The average molecular weight is 905 g/mol. The Labute approximate surface area is 376 Å². The first-order chi connectivity index (χ1) is 31.4. The Kier molecular flexibility index (Phi) is 26.1. The number of fused-ring (bicyclic) bond motifs is 2. The van der Waals surface area contributed by atoms with Gasteiger partial charge in [0.2, 0.25) is 0 Å². The highest BCUT2D eigenvalue weighted by atomic mass is 16.6. The fourth-order valence-electron chi connectivity index (χ4n) is 6.67. The molecule has 2 heterocycles. The minimum Gasteiger partial charge on any atom is -0.486 e. The Bertz CT molecular complexity index is 1640. The lowest BCUT2D eigenvalue weighted by Crippen LogP contribution is -2.37. The molecule has 2 aliphatic rings. The van der Waals surface area contributed by atoms with Crippen LogP contribution in [0.3, 0.4) is 0 Å². The van der Waals surface area contributed by atoms with Gasteiger partial charge in [-0.2, -0.15) is 0 Å². The van der Waals surface area contributed by atoms with E-state index >= 15 is 0 Å². The van der Waals surface area contributed by atoms with Crippen LogP contribution in [0.2, 0.25) is 0 Å². The van der Waals surface area contributed by atoms with Gasteiger partial charge in [-0.05, 0) is 74.4 Å². The monoisotopic (exact) mass is 904 g/mol. The largest absolute Gasteiger partial charge is 0.486 e. The Balaban J connectivity index is 1.09. The third-order valence-corrected chi connectivity index (χ3v) is 9.85. The number of aliphatic hydroxyl groups is 2. The second-order valence-corrected chi connectivity index (χ2v) is 14.8. The summed E-state index contributed by atoms with van der Waals surface area (Å²) in [6, 6.07) is 11.6. The molecule has 4 unspecified atom stereocenters. The number of hydrogen-bond donors (Lipinski definition) is 4. The van der Waals surface area contributed by atoms with Crippen molar-refractivity contribution in [3.63, 3.8) is 0 Å². The van der Waals surface area contributed by atoms with Gasteiger partial charge >= 0.3 is 12.2 Å². The lowest BCUT2D eigenvalue weighted by molar-refractivity contribution is 0.000736. The number of nitrogens with one attached hydrogen (secondary N) is 2. The van der Waals surface area contributed by atoms with Crippen LogP contribution in [0.4, 0.5) is 9.59 Å². The zero-order valence-electron chi connectivity index (χ0n) is 37.1. The molecular weight excluding hydrogens is 837 g/mol. The molecule has 0 bridgehead atoms. The second kappa shape index (κ2) is 32.1. The molecule has 18 nitrogen and oxygen atoms in total. The zero-order chi connectivity index (χ0) is 45.5. The minimum absolute atomic E-state index is 0.0141. The first-order valence-electron chi connectivity index (χ1n) is 22.2.